The molecule has 0 bridgehead atoms. The van der Waals surface area contributed by atoms with Crippen LogP contribution in [0.2, 0.25) is 0 Å². The Morgan fingerprint density at radius 3 is 2.77 bits per heavy atom. The molecule has 1 aliphatic rings. The quantitative estimate of drug-likeness (QED) is 0.379. The van der Waals surface area contributed by atoms with E-state index in [4.69, 9.17) is 9.84 Å². The minimum Gasteiger partial charge on any atom is -0.478 e. The van der Waals surface area contributed by atoms with E-state index in [1.807, 2.05) is 6.92 Å². The summed E-state index contributed by atoms with van der Waals surface area (Å²) in [6, 6.07) is -0.978. The van der Waals surface area contributed by atoms with Crippen molar-refractivity contribution in [2.24, 2.45) is 0 Å². The van der Waals surface area contributed by atoms with E-state index in [0.717, 1.165) is 18.9 Å². The molecule has 122 valence electrons. The molecule has 0 aromatic rings. The number of carbonyl (C=O) groups is 4. The second-order valence-corrected chi connectivity index (χ2v) is 4.79. The summed E-state index contributed by atoms with van der Waals surface area (Å²) in [5.74, 6) is -2.89. The maximum absolute atomic E-state index is 11.9. The summed E-state index contributed by atoms with van der Waals surface area (Å²) in [4.78, 5) is 47.1. The van der Waals surface area contributed by atoms with E-state index in [1.165, 1.54) is 4.90 Å². The highest BCUT2D eigenvalue weighted by atomic mass is 16.5. The first-order valence-electron chi connectivity index (χ1n) is 7.10. The molecule has 22 heavy (non-hydrogen) atoms. The fraction of sp³-hybridized carbons (Fsp3) is 0.571. The van der Waals surface area contributed by atoms with Crippen LogP contribution < -0.4 is 5.32 Å². The first-order chi connectivity index (χ1) is 10.5. The predicted octanol–water partition coefficient (Wildman–Crippen LogP) is -0.312. The van der Waals surface area contributed by atoms with Gasteiger partial charge in [0, 0.05) is 25.2 Å². The SMILES string of the molecule is CCCCOC(=O)C[C@H]1C(=O)NCCN1C(=O)/C=C/C(=O)O. The van der Waals surface area contributed by atoms with Gasteiger partial charge in [-0.05, 0) is 6.42 Å². The molecule has 0 aliphatic carbocycles. The molecule has 0 aromatic heterocycles. The number of hydrogen-bond acceptors (Lipinski definition) is 5. The number of nitrogens with zero attached hydrogens (tertiary/aromatic N) is 1. The lowest BCUT2D eigenvalue weighted by atomic mass is 10.1. The number of piperazine rings is 1. The molecular weight excluding hydrogens is 292 g/mol. The Kier molecular flexibility index (Phi) is 7.07. The lowest BCUT2D eigenvalue weighted by Crippen LogP contribution is -2.57. The van der Waals surface area contributed by atoms with Crippen molar-refractivity contribution < 1.29 is 29.0 Å². The van der Waals surface area contributed by atoms with Crippen molar-refractivity contribution >= 4 is 23.8 Å². The Balaban J connectivity index is 2.68. The predicted molar refractivity (Wildman–Crippen MR) is 75.8 cm³/mol. The lowest BCUT2D eigenvalue weighted by Gasteiger charge is -2.33. The average Bonchev–Trinajstić information content (AvgIpc) is 2.47. The summed E-state index contributed by atoms with van der Waals surface area (Å²) < 4.78 is 4.99. The molecular formula is C14H20N2O6. The zero-order valence-corrected chi connectivity index (χ0v) is 12.4. The number of ether oxygens (including phenoxy) is 1. The van der Waals surface area contributed by atoms with Crippen LogP contribution in [0.1, 0.15) is 26.2 Å². The molecule has 0 saturated carbocycles. The van der Waals surface area contributed by atoms with E-state index in [0.29, 0.717) is 6.08 Å². The van der Waals surface area contributed by atoms with Crippen molar-refractivity contribution in [2.75, 3.05) is 19.7 Å². The zero-order chi connectivity index (χ0) is 16.5. The van der Waals surface area contributed by atoms with Gasteiger partial charge in [0.15, 0.2) is 0 Å². The van der Waals surface area contributed by atoms with E-state index in [-0.39, 0.29) is 26.1 Å². The van der Waals surface area contributed by atoms with Gasteiger partial charge in [-0.3, -0.25) is 14.4 Å². The lowest BCUT2D eigenvalue weighted by molar-refractivity contribution is -0.150. The van der Waals surface area contributed by atoms with Gasteiger partial charge in [-0.1, -0.05) is 13.3 Å². The topological polar surface area (TPSA) is 113 Å². The highest BCUT2D eigenvalue weighted by Gasteiger charge is 2.34. The number of unbranched alkanes of at least 4 members (excludes halogenated alkanes) is 1. The number of carboxylic acids is 1. The molecule has 1 saturated heterocycles. The third kappa shape index (κ3) is 5.55. The van der Waals surface area contributed by atoms with Gasteiger partial charge in [0.2, 0.25) is 11.8 Å². The summed E-state index contributed by atoms with van der Waals surface area (Å²) in [5, 5.41) is 11.1. The minimum atomic E-state index is -1.26. The van der Waals surface area contributed by atoms with Crippen LogP contribution in [0, 0.1) is 0 Å². The largest absolute Gasteiger partial charge is 0.478 e. The molecule has 1 rings (SSSR count). The summed E-state index contributed by atoms with van der Waals surface area (Å²) in [6.45, 7) is 2.70. The van der Waals surface area contributed by atoms with Gasteiger partial charge in [0.1, 0.15) is 6.04 Å². The number of amides is 2. The first-order valence-corrected chi connectivity index (χ1v) is 7.10. The molecule has 0 unspecified atom stereocenters. The molecule has 1 aliphatic heterocycles. The number of carboxylic acid groups (broad SMARTS) is 1. The van der Waals surface area contributed by atoms with Crippen LogP contribution in [-0.2, 0) is 23.9 Å². The van der Waals surface area contributed by atoms with Crippen LogP contribution in [0.4, 0.5) is 0 Å². The highest BCUT2D eigenvalue weighted by Crippen LogP contribution is 2.11. The van der Waals surface area contributed by atoms with Crippen molar-refractivity contribution in [1.82, 2.24) is 10.2 Å². The monoisotopic (exact) mass is 312 g/mol. The Morgan fingerprint density at radius 2 is 2.14 bits per heavy atom. The number of hydrogen-bond donors (Lipinski definition) is 2. The molecule has 0 radical (unpaired) electrons. The third-order valence-corrected chi connectivity index (χ3v) is 3.10. The van der Waals surface area contributed by atoms with E-state index >= 15 is 0 Å². The number of esters is 1. The maximum atomic E-state index is 11.9. The van der Waals surface area contributed by atoms with Gasteiger partial charge in [0.25, 0.3) is 0 Å². The molecule has 1 atom stereocenters. The number of aliphatic carboxylic acids is 1. The van der Waals surface area contributed by atoms with Crippen LogP contribution in [0.25, 0.3) is 0 Å². The Morgan fingerprint density at radius 1 is 1.41 bits per heavy atom. The Hall–Kier alpha value is -2.38. The molecule has 1 fully saturated rings. The molecule has 8 heteroatoms. The number of carbonyl (C=O) groups excluding carboxylic acids is 3. The van der Waals surface area contributed by atoms with Gasteiger partial charge in [-0.15, -0.1) is 0 Å². The van der Waals surface area contributed by atoms with E-state index in [1.54, 1.807) is 0 Å². The standard InChI is InChI=1S/C14H20N2O6/c1-2-3-8-22-13(20)9-10-14(21)15-6-7-16(10)11(17)4-5-12(18)19/h4-5,10H,2-3,6-9H2,1H3,(H,15,21)(H,18,19)/b5-4+/t10-/m0/s1. The fourth-order valence-corrected chi connectivity index (χ4v) is 1.97. The maximum Gasteiger partial charge on any atom is 0.328 e. The van der Waals surface area contributed by atoms with Crippen LogP contribution in [0.3, 0.4) is 0 Å². The first kappa shape index (κ1) is 17.7. The number of rotatable bonds is 7. The van der Waals surface area contributed by atoms with Crippen molar-refractivity contribution in [1.29, 1.82) is 0 Å². The van der Waals surface area contributed by atoms with Crippen molar-refractivity contribution in [3.05, 3.63) is 12.2 Å². The van der Waals surface area contributed by atoms with Crippen molar-refractivity contribution in [2.45, 2.75) is 32.2 Å². The van der Waals surface area contributed by atoms with Crippen LogP contribution in [0.15, 0.2) is 12.2 Å². The zero-order valence-electron chi connectivity index (χ0n) is 12.4. The van der Waals surface area contributed by atoms with Crippen LogP contribution in [-0.4, -0.2) is 59.5 Å². The van der Waals surface area contributed by atoms with Gasteiger partial charge in [-0.25, -0.2) is 4.79 Å². The van der Waals surface area contributed by atoms with Crippen LogP contribution >= 0.6 is 0 Å². The minimum absolute atomic E-state index is 0.210. The molecule has 0 spiro atoms. The molecule has 0 aromatic carbocycles. The normalized spacial score (nSPS) is 18.1. The van der Waals surface area contributed by atoms with Gasteiger partial charge in [0.05, 0.1) is 13.0 Å². The average molecular weight is 312 g/mol. The Labute approximate surface area is 128 Å². The van der Waals surface area contributed by atoms with E-state index in [2.05, 4.69) is 5.32 Å². The second kappa shape index (κ2) is 8.81. The second-order valence-electron chi connectivity index (χ2n) is 4.79. The molecule has 1 heterocycles. The summed E-state index contributed by atoms with van der Waals surface area (Å²) in [6.07, 6.45) is 2.93. The fourth-order valence-electron chi connectivity index (χ4n) is 1.97. The molecule has 8 nitrogen and oxygen atoms in total. The van der Waals surface area contributed by atoms with Crippen molar-refractivity contribution in [3.63, 3.8) is 0 Å². The highest BCUT2D eigenvalue weighted by molar-refractivity contribution is 5.98. The van der Waals surface area contributed by atoms with E-state index in [9.17, 15) is 19.2 Å². The molecule has 2 N–H and O–H groups in total. The van der Waals surface area contributed by atoms with Gasteiger partial charge < -0.3 is 20.1 Å². The summed E-state index contributed by atoms with van der Waals surface area (Å²) in [5.41, 5.74) is 0. The van der Waals surface area contributed by atoms with Crippen molar-refractivity contribution in [3.8, 4) is 0 Å². The number of nitrogens with one attached hydrogen (secondary N) is 1. The third-order valence-electron chi connectivity index (χ3n) is 3.10. The summed E-state index contributed by atoms with van der Waals surface area (Å²) >= 11 is 0. The molecule has 2 amide bonds. The summed E-state index contributed by atoms with van der Waals surface area (Å²) in [7, 11) is 0. The van der Waals surface area contributed by atoms with Crippen LogP contribution in [0.5, 0.6) is 0 Å². The van der Waals surface area contributed by atoms with Gasteiger partial charge in [-0.2, -0.15) is 0 Å². The van der Waals surface area contributed by atoms with E-state index < -0.39 is 29.8 Å². The van der Waals surface area contributed by atoms with Gasteiger partial charge >= 0.3 is 11.9 Å². The Bertz CT molecular complexity index is 474. The smallest absolute Gasteiger partial charge is 0.328 e.